The Morgan fingerprint density at radius 1 is 1.07 bits per heavy atom. The van der Waals surface area contributed by atoms with Crippen LogP contribution in [-0.4, -0.2) is 34.5 Å². The van der Waals surface area contributed by atoms with E-state index in [0.717, 1.165) is 16.9 Å². The van der Waals surface area contributed by atoms with Crippen LogP contribution in [0, 0.1) is 5.92 Å². The average Bonchev–Trinajstić information content (AvgIpc) is 3.04. The Labute approximate surface area is 175 Å². The van der Waals surface area contributed by atoms with Gasteiger partial charge < -0.3 is 15.2 Å². The van der Waals surface area contributed by atoms with E-state index in [1.165, 1.54) is 0 Å². The number of benzene rings is 2. The van der Waals surface area contributed by atoms with Crippen molar-refractivity contribution in [1.82, 2.24) is 20.2 Å². The summed E-state index contributed by atoms with van der Waals surface area (Å²) in [7, 11) is 0. The highest BCUT2D eigenvalue weighted by molar-refractivity contribution is 6.33. The van der Waals surface area contributed by atoms with Gasteiger partial charge in [-0.3, -0.25) is 9.59 Å². The number of fused-ring (bicyclic) bond motifs is 1. The van der Waals surface area contributed by atoms with E-state index in [2.05, 4.69) is 29.5 Å². The number of amides is 2. The summed E-state index contributed by atoms with van der Waals surface area (Å²) in [6, 6.07) is 14.6. The van der Waals surface area contributed by atoms with E-state index in [4.69, 9.17) is 11.6 Å². The van der Waals surface area contributed by atoms with Gasteiger partial charge in [0.2, 0.25) is 5.91 Å². The van der Waals surface area contributed by atoms with Crippen molar-refractivity contribution < 1.29 is 9.59 Å². The maximum Gasteiger partial charge on any atom is 0.252 e. The lowest BCUT2D eigenvalue weighted by Gasteiger charge is -2.12. The molecule has 0 saturated heterocycles. The molecule has 1 aromatic heterocycles. The lowest BCUT2D eigenvalue weighted by Crippen LogP contribution is -2.31. The van der Waals surface area contributed by atoms with Crippen LogP contribution in [0.5, 0.6) is 0 Å². The number of para-hydroxylation sites is 2. The van der Waals surface area contributed by atoms with Crippen molar-refractivity contribution in [2.24, 2.45) is 5.92 Å². The Balaban J connectivity index is 1.70. The molecule has 2 amide bonds. The van der Waals surface area contributed by atoms with E-state index in [1.54, 1.807) is 24.3 Å². The van der Waals surface area contributed by atoms with Crippen molar-refractivity contribution in [3.8, 4) is 0 Å². The van der Waals surface area contributed by atoms with Gasteiger partial charge >= 0.3 is 0 Å². The normalized spacial score (nSPS) is 11.0. The molecule has 1 heterocycles. The molecule has 0 aliphatic carbocycles. The van der Waals surface area contributed by atoms with Gasteiger partial charge in [-0.05, 0) is 30.2 Å². The van der Waals surface area contributed by atoms with Crippen LogP contribution in [0.2, 0.25) is 5.02 Å². The Morgan fingerprint density at radius 2 is 1.79 bits per heavy atom. The second-order valence-corrected chi connectivity index (χ2v) is 7.69. The lowest BCUT2D eigenvalue weighted by atomic mass is 10.2. The predicted molar refractivity (Wildman–Crippen MR) is 115 cm³/mol. The molecule has 0 aliphatic heterocycles. The number of aromatic nitrogens is 2. The molecule has 0 spiro atoms. The number of carbonyl (C=O) groups excluding carboxylic acids is 2. The maximum atomic E-state index is 12.4. The zero-order valence-electron chi connectivity index (χ0n) is 16.6. The molecule has 2 aromatic carbocycles. The van der Waals surface area contributed by atoms with E-state index in [1.807, 2.05) is 28.8 Å². The minimum absolute atomic E-state index is 0.0526. The fraction of sp³-hybridized carbons (Fsp3) is 0.318. The molecule has 0 bridgehead atoms. The second kappa shape index (κ2) is 9.56. The fourth-order valence-electron chi connectivity index (χ4n) is 3.04. The van der Waals surface area contributed by atoms with Crippen molar-refractivity contribution in [2.75, 3.05) is 13.1 Å². The number of hydrogen-bond donors (Lipinski definition) is 2. The van der Waals surface area contributed by atoms with E-state index in [-0.39, 0.29) is 18.4 Å². The number of hydrogen-bond acceptors (Lipinski definition) is 3. The number of rotatable bonds is 8. The molecule has 7 heteroatoms. The molecule has 6 nitrogen and oxygen atoms in total. The van der Waals surface area contributed by atoms with E-state index in [9.17, 15) is 9.59 Å². The summed E-state index contributed by atoms with van der Waals surface area (Å²) in [5.41, 5.74) is 2.17. The van der Waals surface area contributed by atoms with Gasteiger partial charge in [0.05, 0.1) is 21.6 Å². The molecule has 0 saturated carbocycles. The zero-order valence-corrected chi connectivity index (χ0v) is 17.4. The first-order valence-corrected chi connectivity index (χ1v) is 10.1. The molecule has 2 N–H and O–H groups in total. The molecule has 3 aromatic rings. The quantitative estimate of drug-likeness (QED) is 0.595. The van der Waals surface area contributed by atoms with Crippen LogP contribution < -0.4 is 10.6 Å². The summed E-state index contributed by atoms with van der Waals surface area (Å²) in [6.45, 7) is 5.33. The minimum atomic E-state index is -0.229. The van der Waals surface area contributed by atoms with Gasteiger partial charge in [0.25, 0.3) is 5.91 Å². The molecule has 152 valence electrons. The van der Waals surface area contributed by atoms with Crippen LogP contribution in [0.15, 0.2) is 48.5 Å². The molecule has 0 unspecified atom stereocenters. The highest BCUT2D eigenvalue weighted by Crippen LogP contribution is 2.17. The number of halogens is 1. The van der Waals surface area contributed by atoms with Gasteiger partial charge in [0.1, 0.15) is 12.4 Å². The highest BCUT2D eigenvalue weighted by atomic mass is 35.5. The van der Waals surface area contributed by atoms with Gasteiger partial charge in [-0.15, -0.1) is 0 Å². The monoisotopic (exact) mass is 412 g/mol. The van der Waals surface area contributed by atoms with Crippen molar-refractivity contribution in [3.05, 3.63) is 64.9 Å². The number of nitrogens with zero attached hydrogens (tertiary/aromatic N) is 2. The summed E-state index contributed by atoms with van der Waals surface area (Å²) in [5, 5.41) is 6.23. The zero-order chi connectivity index (χ0) is 20.8. The second-order valence-electron chi connectivity index (χ2n) is 7.29. The summed E-state index contributed by atoms with van der Waals surface area (Å²) < 4.78 is 1.91. The summed E-state index contributed by atoms with van der Waals surface area (Å²) >= 11 is 6.08. The molecule has 3 rings (SSSR count). The van der Waals surface area contributed by atoms with E-state index < -0.39 is 0 Å². The van der Waals surface area contributed by atoms with Crippen molar-refractivity contribution >= 4 is 34.4 Å². The maximum absolute atomic E-state index is 12.4. The highest BCUT2D eigenvalue weighted by Gasteiger charge is 2.15. The molecular weight excluding hydrogens is 388 g/mol. The predicted octanol–water partition coefficient (Wildman–Crippen LogP) is 3.43. The molecule has 0 fully saturated rings. The summed E-state index contributed by atoms with van der Waals surface area (Å²) in [4.78, 5) is 29.4. The Morgan fingerprint density at radius 3 is 2.55 bits per heavy atom. The average molecular weight is 413 g/mol. The smallest absolute Gasteiger partial charge is 0.252 e. The molecule has 0 aliphatic rings. The molecule has 0 atom stereocenters. The Hall–Kier alpha value is -2.86. The van der Waals surface area contributed by atoms with Gasteiger partial charge in [-0.1, -0.05) is 49.7 Å². The molecule has 0 radical (unpaired) electrons. The van der Waals surface area contributed by atoms with Gasteiger partial charge in [-0.25, -0.2) is 4.98 Å². The van der Waals surface area contributed by atoms with E-state index in [0.29, 0.717) is 36.0 Å². The van der Waals surface area contributed by atoms with Crippen molar-refractivity contribution in [1.29, 1.82) is 0 Å². The van der Waals surface area contributed by atoms with Gasteiger partial charge in [0, 0.05) is 19.5 Å². The topological polar surface area (TPSA) is 76.0 Å². The van der Waals surface area contributed by atoms with E-state index >= 15 is 0 Å². The number of imidazole rings is 1. The number of nitrogens with one attached hydrogen (secondary N) is 2. The van der Waals surface area contributed by atoms with Gasteiger partial charge in [0.15, 0.2) is 0 Å². The largest absolute Gasteiger partial charge is 0.354 e. The summed E-state index contributed by atoms with van der Waals surface area (Å²) in [6.07, 6.45) is 0.502. The van der Waals surface area contributed by atoms with Crippen LogP contribution in [0.25, 0.3) is 11.0 Å². The summed E-state index contributed by atoms with van der Waals surface area (Å²) in [5.74, 6) is 0.861. The van der Waals surface area contributed by atoms with Crippen LogP contribution in [-0.2, 0) is 17.8 Å². The van der Waals surface area contributed by atoms with Crippen LogP contribution in [0.3, 0.4) is 0 Å². The minimum Gasteiger partial charge on any atom is -0.354 e. The Bertz CT molecular complexity index is 1010. The number of carbonyl (C=O) groups is 2. The first kappa shape index (κ1) is 20.9. The fourth-order valence-corrected chi connectivity index (χ4v) is 3.26. The Kier molecular flexibility index (Phi) is 6.88. The lowest BCUT2D eigenvalue weighted by molar-refractivity contribution is -0.121. The van der Waals surface area contributed by atoms with Crippen LogP contribution in [0.1, 0.15) is 30.0 Å². The molecule has 29 heavy (non-hydrogen) atoms. The van der Waals surface area contributed by atoms with Crippen molar-refractivity contribution in [3.63, 3.8) is 0 Å². The van der Waals surface area contributed by atoms with Crippen LogP contribution >= 0.6 is 11.6 Å². The van der Waals surface area contributed by atoms with Crippen LogP contribution in [0.4, 0.5) is 0 Å². The third-order valence-corrected chi connectivity index (χ3v) is 4.83. The third-order valence-electron chi connectivity index (χ3n) is 4.50. The standard InChI is InChI=1S/C22H25ClN4O2/c1-15(2)13-25-21(28)14-27-19-10-6-5-9-18(19)26-20(27)11-12-24-22(29)16-7-3-4-8-17(16)23/h3-10,15H,11-14H2,1-2H3,(H,24,29)(H,25,28). The first-order valence-electron chi connectivity index (χ1n) is 9.69. The molecular formula is C22H25ClN4O2. The van der Waals surface area contributed by atoms with Gasteiger partial charge in [-0.2, -0.15) is 0 Å². The SMILES string of the molecule is CC(C)CNC(=O)Cn1c(CCNC(=O)c2ccccc2Cl)nc2ccccc21. The third kappa shape index (κ3) is 5.35. The van der Waals surface area contributed by atoms with Crippen molar-refractivity contribution in [2.45, 2.75) is 26.8 Å². The first-order chi connectivity index (χ1) is 14.0.